The molecule has 0 heterocycles. The molecule has 0 aliphatic rings. The first-order chi connectivity index (χ1) is 10.9. The quantitative estimate of drug-likeness (QED) is 0.650. The van der Waals surface area contributed by atoms with Crippen molar-refractivity contribution in [2.45, 2.75) is 13.0 Å². The Morgan fingerprint density at radius 3 is 2.13 bits per heavy atom. The monoisotopic (exact) mass is 327 g/mol. The van der Waals surface area contributed by atoms with Crippen LogP contribution in [0.3, 0.4) is 0 Å². The van der Waals surface area contributed by atoms with Crippen molar-refractivity contribution in [2.24, 2.45) is 0 Å². The molecule has 0 aliphatic carbocycles. The largest absolute Gasteiger partial charge is 0.493 e. The minimum absolute atomic E-state index is 0.0869. The Hall–Kier alpha value is -2.48. The maximum absolute atomic E-state index is 12.1. The van der Waals surface area contributed by atoms with E-state index in [2.05, 4.69) is 5.32 Å². The molecule has 1 atom stereocenters. The van der Waals surface area contributed by atoms with Crippen LogP contribution < -0.4 is 19.5 Å². The average molecular weight is 327 g/mol. The normalized spacial score (nSPS) is 11.5. The molecule has 0 saturated carbocycles. The average Bonchev–Trinajstić information content (AvgIpc) is 2.56. The lowest BCUT2D eigenvalue weighted by Crippen LogP contribution is -2.30. The first-order valence-corrected chi connectivity index (χ1v) is 6.87. The van der Waals surface area contributed by atoms with Gasteiger partial charge in [0.15, 0.2) is 17.6 Å². The topological polar surface area (TPSA) is 103 Å². The fourth-order valence-electron chi connectivity index (χ4n) is 1.79. The number of ether oxygens (including phenoxy) is 4. The summed E-state index contributed by atoms with van der Waals surface area (Å²) in [7, 11) is 4.39. The molecule has 1 aromatic rings. The summed E-state index contributed by atoms with van der Waals surface area (Å²) in [6.45, 7) is 1.68. The third-order valence-electron chi connectivity index (χ3n) is 3.03. The summed E-state index contributed by atoms with van der Waals surface area (Å²) in [5, 5.41) is 11.3. The van der Waals surface area contributed by atoms with Crippen molar-refractivity contribution in [3.05, 3.63) is 17.7 Å². The van der Waals surface area contributed by atoms with Gasteiger partial charge in [0.25, 0.3) is 5.91 Å². The molecule has 2 N–H and O–H groups in total. The molecule has 1 unspecified atom stereocenters. The summed E-state index contributed by atoms with van der Waals surface area (Å²) < 4.78 is 20.6. The van der Waals surface area contributed by atoms with Gasteiger partial charge in [-0.3, -0.25) is 4.79 Å². The number of rotatable bonds is 9. The molecule has 0 radical (unpaired) electrons. The van der Waals surface area contributed by atoms with Crippen LogP contribution in [0.1, 0.15) is 17.3 Å². The van der Waals surface area contributed by atoms with E-state index in [0.717, 1.165) is 0 Å². The zero-order chi connectivity index (χ0) is 17.4. The van der Waals surface area contributed by atoms with E-state index in [1.54, 1.807) is 0 Å². The number of carbonyl (C=O) groups excluding carboxylic acids is 1. The van der Waals surface area contributed by atoms with Gasteiger partial charge >= 0.3 is 5.97 Å². The number of carboxylic acids is 1. The van der Waals surface area contributed by atoms with E-state index >= 15 is 0 Å². The van der Waals surface area contributed by atoms with Crippen LogP contribution in [-0.4, -0.2) is 57.6 Å². The van der Waals surface area contributed by atoms with Gasteiger partial charge in [0.05, 0.1) is 27.9 Å². The summed E-state index contributed by atoms with van der Waals surface area (Å²) in [6.07, 6.45) is -0.923. The zero-order valence-corrected chi connectivity index (χ0v) is 13.5. The lowest BCUT2D eigenvalue weighted by molar-refractivity contribution is -0.148. The van der Waals surface area contributed by atoms with Crippen LogP contribution in [0, 0.1) is 0 Å². The van der Waals surface area contributed by atoms with E-state index < -0.39 is 12.1 Å². The van der Waals surface area contributed by atoms with Crippen molar-refractivity contribution in [1.29, 1.82) is 0 Å². The maximum atomic E-state index is 12.1. The third kappa shape index (κ3) is 5.03. The van der Waals surface area contributed by atoms with E-state index in [0.29, 0.717) is 22.8 Å². The molecule has 0 aliphatic heterocycles. The van der Waals surface area contributed by atoms with E-state index in [4.69, 9.17) is 24.1 Å². The van der Waals surface area contributed by atoms with E-state index in [1.165, 1.54) is 40.4 Å². The molecule has 0 fully saturated rings. The number of carboxylic acid groups (broad SMARTS) is 1. The second kappa shape index (κ2) is 8.84. The van der Waals surface area contributed by atoms with Gasteiger partial charge in [-0.15, -0.1) is 0 Å². The minimum atomic E-state index is -1.05. The number of methoxy groups -OCH3 is 3. The molecule has 23 heavy (non-hydrogen) atoms. The highest BCUT2D eigenvalue weighted by Gasteiger charge is 2.17. The number of nitrogens with one attached hydrogen (secondary N) is 1. The zero-order valence-electron chi connectivity index (χ0n) is 13.5. The third-order valence-corrected chi connectivity index (χ3v) is 3.03. The summed E-state index contributed by atoms with van der Waals surface area (Å²) in [5.41, 5.74) is 0.325. The number of benzene rings is 1. The highest BCUT2D eigenvalue weighted by atomic mass is 16.5. The van der Waals surface area contributed by atoms with Gasteiger partial charge in [0.2, 0.25) is 5.75 Å². The molecule has 0 bridgehead atoms. The fraction of sp³-hybridized carbons (Fsp3) is 0.467. The Morgan fingerprint density at radius 1 is 1.13 bits per heavy atom. The SMILES string of the molecule is COc1cc(C(=O)NCCOC(C)C(=O)O)cc(OC)c1OC. The van der Waals surface area contributed by atoms with Crippen LogP contribution in [-0.2, 0) is 9.53 Å². The Labute approximate surface area is 134 Å². The Balaban J connectivity index is 2.71. The molecule has 8 heteroatoms. The van der Waals surface area contributed by atoms with Crippen LogP contribution in [0.25, 0.3) is 0 Å². The predicted octanol–water partition coefficient (Wildman–Crippen LogP) is 0.932. The molecule has 1 aromatic carbocycles. The molecule has 1 amide bonds. The summed E-state index contributed by atoms with van der Waals surface area (Å²) in [5.74, 6) is -0.289. The number of aliphatic carboxylic acids is 1. The van der Waals surface area contributed by atoms with Crippen LogP contribution >= 0.6 is 0 Å². The number of hydrogen-bond acceptors (Lipinski definition) is 6. The summed E-state index contributed by atoms with van der Waals surface area (Å²) in [6, 6.07) is 3.05. The number of carbonyl (C=O) groups is 2. The van der Waals surface area contributed by atoms with Crippen molar-refractivity contribution in [2.75, 3.05) is 34.5 Å². The molecule has 0 aromatic heterocycles. The minimum Gasteiger partial charge on any atom is -0.493 e. The van der Waals surface area contributed by atoms with Crippen molar-refractivity contribution in [3.63, 3.8) is 0 Å². The van der Waals surface area contributed by atoms with Crippen molar-refractivity contribution in [3.8, 4) is 17.2 Å². The van der Waals surface area contributed by atoms with E-state index in [-0.39, 0.29) is 19.1 Å². The Kier molecular flexibility index (Phi) is 7.14. The van der Waals surface area contributed by atoms with Crippen molar-refractivity contribution in [1.82, 2.24) is 5.32 Å². The van der Waals surface area contributed by atoms with Gasteiger partial charge in [-0.2, -0.15) is 0 Å². The van der Waals surface area contributed by atoms with Crippen LogP contribution in [0.2, 0.25) is 0 Å². The molecule has 0 saturated heterocycles. The Morgan fingerprint density at radius 2 is 1.70 bits per heavy atom. The lowest BCUT2D eigenvalue weighted by Gasteiger charge is -2.14. The van der Waals surface area contributed by atoms with Crippen molar-refractivity contribution >= 4 is 11.9 Å². The summed E-state index contributed by atoms with van der Waals surface area (Å²) >= 11 is 0. The van der Waals surface area contributed by atoms with Gasteiger partial charge < -0.3 is 29.4 Å². The van der Waals surface area contributed by atoms with Gasteiger partial charge in [-0.05, 0) is 19.1 Å². The molecule has 8 nitrogen and oxygen atoms in total. The summed E-state index contributed by atoms with van der Waals surface area (Å²) in [4.78, 5) is 22.7. The smallest absolute Gasteiger partial charge is 0.332 e. The molecule has 0 spiro atoms. The lowest BCUT2D eigenvalue weighted by atomic mass is 10.1. The first kappa shape index (κ1) is 18.6. The van der Waals surface area contributed by atoms with E-state index in [1.807, 2.05) is 0 Å². The second-order valence-electron chi connectivity index (χ2n) is 4.52. The predicted molar refractivity (Wildman–Crippen MR) is 81.5 cm³/mol. The van der Waals surface area contributed by atoms with Crippen LogP contribution in [0.5, 0.6) is 17.2 Å². The molecule has 1 rings (SSSR count). The highest BCUT2D eigenvalue weighted by Crippen LogP contribution is 2.38. The van der Waals surface area contributed by atoms with Gasteiger partial charge in [-0.1, -0.05) is 0 Å². The second-order valence-corrected chi connectivity index (χ2v) is 4.52. The molecular weight excluding hydrogens is 306 g/mol. The van der Waals surface area contributed by atoms with Crippen LogP contribution in [0.15, 0.2) is 12.1 Å². The fourth-order valence-corrected chi connectivity index (χ4v) is 1.79. The van der Waals surface area contributed by atoms with Gasteiger partial charge in [0.1, 0.15) is 0 Å². The van der Waals surface area contributed by atoms with E-state index in [9.17, 15) is 9.59 Å². The number of hydrogen-bond donors (Lipinski definition) is 2. The van der Waals surface area contributed by atoms with Crippen LogP contribution in [0.4, 0.5) is 0 Å². The molecule has 128 valence electrons. The number of amides is 1. The Bertz CT molecular complexity index is 534. The molecular formula is C15H21NO7. The standard InChI is InChI=1S/C15H21NO7/c1-9(15(18)19)23-6-5-16-14(17)10-7-11(20-2)13(22-4)12(8-10)21-3/h7-9H,5-6H2,1-4H3,(H,16,17)(H,18,19). The van der Waals surface area contributed by atoms with Gasteiger partial charge in [0, 0.05) is 12.1 Å². The highest BCUT2D eigenvalue weighted by molar-refractivity contribution is 5.95. The van der Waals surface area contributed by atoms with Crippen molar-refractivity contribution < 1.29 is 33.6 Å². The first-order valence-electron chi connectivity index (χ1n) is 6.87. The van der Waals surface area contributed by atoms with Gasteiger partial charge in [-0.25, -0.2) is 4.79 Å². The maximum Gasteiger partial charge on any atom is 0.332 e.